The Kier molecular flexibility index (Phi) is 7.55. The Bertz CT molecular complexity index is 498. The van der Waals surface area contributed by atoms with Crippen molar-refractivity contribution in [1.82, 2.24) is 10.5 Å². The summed E-state index contributed by atoms with van der Waals surface area (Å²) in [6, 6.07) is 1.35. The SMILES string of the molecule is C[C@H](N)C(=O)CCCCCNC(=O)c1cc(C2CC2)on1.Cl. The van der Waals surface area contributed by atoms with Gasteiger partial charge in [0.25, 0.3) is 5.91 Å². The number of rotatable bonds is 9. The van der Waals surface area contributed by atoms with Crippen molar-refractivity contribution >= 4 is 24.1 Å². The van der Waals surface area contributed by atoms with E-state index in [9.17, 15) is 9.59 Å². The zero-order valence-corrected chi connectivity index (χ0v) is 13.7. The summed E-state index contributed by atoms with van der Waals surface area (Å²) in [6.07, 6.45) is 5.30. The highest BCUT2D eigenvalue weighted by Crippen LogP contribution is 2.40. The number of ketones is 1. The van der Waals surface area contributed by atoms with Crippen molar-refractivity contribution in [3.8, 4) is 0 Å². The normalized spacial score (nSPS) is 15.0. The molecule has 1 saturated carbocycles. The average Bonchev–Trinajstić information content (AvgIpc) is 3.19. The molecule has 1 heterocycles. The van der Waals surface area contributed by atoms with E-state index in [-0.39, 0.29) is 30.1 Å². The number of Topliss-reactive ketones (excluding diaryl/α,β-unsaturated/α-hetero) is 1. The quantitative estimate of drug-likeness (QED) is 0.677. The molecule has 0 bridgehead atoms. The third-order valence-corrected chi connectivity index (χ3v) is 3.63. The fraction of sp³-hybridized carbons (Fsp3) is 0.667. The first-order valence-electron chi connectivity index (χ1n) is 7.61. The van der Waals surface area contributed by atoms with Gasteiger partial charge in [-0.05, 0) is 32.6 Å². The molecule has 6 nitrogen and oxygen atoms in total. The van der Waals surface area contributed by atoms with Crippen molar-refractivity contribution in [2.24, 2.45) is 5.73 Å². The van der Waals surface area contributed by atoms with Crippen LogP contribution in [0, 0.1) is 0 Å². The molecule has 1 fully saturated rings. The molecule has 7 heteroatoms. The van der Waals surface area contributed by atoms with Gasteiger partial charge in [0.1, 0.15) is 11.5 Å². The lowest BCUT2D eigenvalue weighted by molar-refractivity contribution is -0.120. The second-order valence-corrected chi connectivity index (χ2v) is 5.71. The molecule has 0 aromatic carbocycles. The van der Waals surface area contributed by atoms with Gasteiger partial charge in [-0.3, -0.25) is 9.59 Å². The van der Waals surface area contributed by atoms with E-state index in [0.717, 1.165) is 37.9 Å². The van der Waals surface area contributed by atoms with Crippen LogP contribution in [0.1, 0.15) is 67.6 Å². The van der Waals surface area contributed by atoms with E-state index >= 15 is 0 Å². The fourth-order valence-electron chi connectivity index (χ4n) is 2.08. The zero-order valence-electron chi connectivity index (χ0n) is 12.8. The number of unbranched alkanes of at least 4 members (excludes halogenated alkanes) is 2. The van der Waals surface area contributed by atoms with Gasteiger partial charge in [-0.15, -0.1) is 12.4 Å². The minimum Gasteiger partial charge on any atom is -0.360 e. The van der Waals surface area contributed by atoms with Gasteiger partial charge in [0.05, 0.1) is 6.04 Å². The molecule has 1 aromatic rings. The van der Waals surface area contributed by atoms with Crippen LogP contribution in [-0.4, -0.2) is 29.4 Å². The van der Waals surface area contributed by atoms with E-state index < -0.39 is 0 Å². The molecule has 124 valence electrons. The van der Waals surface area contributed by atoms with Gasteiger partial charge in [-0.1, -0.05) is 11.6 Å². The minimum atomic E-state index is -0.377. The van der Waals surface area contributed by atoms with Gasteiger partial charge in [0, 0.05) is 24.9 Å². The summed E-state index contributed by atoms with van der Waals surface area (Å²) >= 11 is 0. The average molecular weight is 330 g/mol. The summed E-state index contributed by atoms with van der Waals surface area (Å²) in [7, 11) is 0. The van der Waals surface area contributed by atoms with Crippen LogP contribution in [0.2, 0.25) is 0 Å². The molecule has 22 heavy (non-hydrogen) atoms. The van der Waals surface area contributed by atoms with E-state index in [4.69, 9.17) is 10.3 Å². The predicted octanol–water partition coefficient (Wildman–Crippen LogP) is 2.18. The molecule has 0 unspecified atom stereocenters. The molecular weight excluding hydrogens is 306 g/mol. The maximum atomic E-state index is 11.8. The third kappa shape index (κ3) is 5.77. The number of amides is 1. The molecule has 0 aliphatic heterocycles. The smallest absolute Gasteiger partial charge is 0.273 e. The van der Waals surface area contributed by atoms with E-state index in [2.05, 4.69) is 10.5 Å². The lowest BCUT2D eigenvalue weighted by Gasteiger charge is -2.04. The molecule has 0 radical (unpaired) electrons. The van der Waals surface area contributed by atoms with Crippen LogP contribution in [-0.2, 0) is 4.79 Å². The Labute approximate surface area is 136 Å². The standard InChI is InChI=1S/C15H23N3O3.ClH/c1-10(16)13(19)5-3-2-4-8-17-15(20)12-9-14(21-18-12)11-6-7-11;/h9-11H,2-8,16H2,1H3,(H,17,20);1H/t10-;/m0./s1. The first-order chi connectivity index (χ1) is 10.1. The number of hydrogen-bond donors (Lipinski definition) is 2. The summed E-state index contributed by atoms with van der Waals surface area (Å²) in [5.74, 6) is 1.17. The lowest BCUT2D eigenvalue weighted by Crippen LogP contribution is -2.26. The van der Waals surface area contributed by atoms with Crippen LogP contribution in [0.3, 0.4) is 0 Å². The van der Waals surface area contributed by atoms with Crippen LogP contribution < -0.4 is 11.1 Å². The molecule has 1 aliphatic rings. The summed E-state index contributed by atoms with van der Waals surface area (Å²) < 4.78 is 5.14. The van der Waals surface area contributed by atoms with E-state index in [1.54, 1.807) is 13.0 Å². The first-order valence-corrected chi connectivity index (χ1v) is 7.61. The molecule has 0 spiro atoms. The fourth-order valence-corrected chi connectivity index (χ4v) is 2.08. The van der Waals surface area contributed by atoms with Crippen molar-refractivity contribution in [3.05, 3.63) is 17.5 Å². The number of nitrogens with two attached hydrogens (primary N) is 1. The van der Waals surface area contributed by atoms with Crippen molar-refractivity contribution in [2.75, 3.05) is 6.54 Å². The van der Waals surface area contributed by atoms with Crippen LogP contribution in [0.5, 0.6) is 0 Å². The minimum absolute atomic E-state index is 0. The molecule has 1 amide bonds. The van der Waals surface area contributed by atoms with Crippen LogP contribution in [0.15, 0.2) is 10.6 Å². The highest BCUT2D eigenvalue weighted by molar-refractivity contribution is 5.92. The predicted molar refractivity (Wildman–Crippen MR) is 85.2 cm³/mol. The Hall–Kier alpha value is -1.40. The highest BCUT2D eigenvalue weighted by atomic mass is 35.5. The molecule has 1 aliphatic carbocycles. The third-order valence-electron chi connectivity index (χ3n) is 3.63. The van der Waals surface area contributed by atoms with Gasteiger partial charge in [0.15, 0.2) is 5.69 Å². The maximum absolute atomic E-state index is 11.8. The number of carbonyl (C=O) groups is 2. The Morgan fingerprint density at radius 2 is 2.14 bits per heavy atom. The molecular formula is C15H24ClN3O3. The number of aromatic nitrogens is 1. The number of hydrogen-bond acceptors (Lipinski definition) is 5. The Morgan fingerprint density at radius 3 is 2.77 bits per heavy atom. The van der Waals surface area contributed by atoms with Crippen LogP contribution in [0.4, 0.5) is 0 Å². The van der Waals surface area contributed by atoms with Gasteiger partial charge in [-0.25, -0.2) is 0 Å². The topological polar surface area (TPSA) is 98.2 Å². The first kappa shape index (κ1) is 18.6. The van der Waals surface area contributed by atoms with Gasteiger partial charge in [-0.2, -0.15) is 0 Å². The second kappa shape index (κ2) is 8.90. The van der Waals surface area contributed by atoms with Gasteiger partial charge < -0.3 is 15.6 Å². The zero-order chi connectivity index (χ0) is 15.2. The maximum Gasteiger partial charge on any atom is 0.273 e. The highest BCUT2D eigenvalue weighted by Gasteiger charge is 2.28. The van der Waals surface area contributed by atoms with E-state index in [0.29, 0.717) is 24.6 Å². The van der Waals surface area contributed by atoms with Gasteiger partial charge >= 0.3 is 0 Å². The van der Waals surface area contributed by atoms with E-state index in [1.165, 1.54) is 0 Å². The summed E-state index contributed by atoms with van der Waals surface area (Å²) in [5.41, 5.74) is 5.84. The second-order valence-electron chi connectivity index (χ2n) is 5.71. The number of nitrogens with zero attached hydrogens (tertiary/aromatic N) is 1. The molecule has 1 atom stereocenters. The molecule has 0 saturated heterocycles. The van der Waals surface area contributed by atoms with Crippen molar-refractivity contribution in [1.29, 1.82) is 0 Å². The number of halogens is 1. The molecule has 2 rings (SSSR count). The van der Waals surface area contributed by atoms with E-state index in [1.807, 2.05) is 0 Å². The molecule has 1 aromatic heterocycles. The lowest BCUT2D eigenvalue weighted by atomic mass is 10.1. The van der Waals surface area contributed by atoms with Crippen molar-refractivity contribution in [2.45, 2.75) is 57.4 Å². The monoisotopic (exact) mass is 329 g/mol. The van der Waals surface area contributed by atoms with Gasteiger partial charge in [0.2, 0.25) is 0 Å². The van der Waals surface area contributed by atoms with Crippen molar-refractivity contribution < 1.29 is 14.1 Å². The van der Waals surface area contributed by atoms with Crippen LogP contribution in [0.25, 0.3) is 0 Å². The Morgan fingerprint density at radius 1 is 1.41 bits per heavy atom. The van der Waals surface area contributed by atoms with Crippen LogP contribution >= 0.6 is 12.4 Å². The Balaban J connectivity index is 0.00000242. The summed E-state index contributed by atoms with van der Waals surface area (Å²) in [4.78, 5) is 23.1. The van der Waals surface area contributed by atoms with Crippen molar-refractivity contribution in [3.63, 3.8) is 0 Å². The molecule has 3 N–H and O–H groups in total. The summed E-state index contributed by atoms with van der Waals surface area (Å²) in [6.45, 7) is 2.28. The summed E-state index contributed by atoms with van der Waals surface area (Å²) in [5, 5.41) is 6.60. The largest absolute Gasteiger partial charge is 0.360 e. The number of nitrogens with one attached hydrogen (secondary N) is 1. The number of carbonyl (C=O) groups excluding carboxylic acids is 2.